The number of carbonyl (C=O) groups excluding carboxylic acids is 2. The SMILES string of the molecule is CC[C@H](C)N(CC(=O)Nc1cc(C)on1)C(=O)c1ccc2c(c1)OCO2. The zero-order valence-corrected chi connectivity index (χ0v) is 14.9. The molecule has 26 heavy (non-hydrogen) atoms. The van der Waals surface area contributed by atoms with Gasteiger partial charge in [0.15, 0.2) is 17.3 Å². The third kappa shape index (κ3) is 3.79. The summed E-state index contributed by atoms with van der Waals surface area (Å²) in [5, 5.41) is 6.37. The second-order valence-corrected chi connectivity index (χ2v) is 6.13. The molecular formula is C18H21N3O5. The maximum Gasteiger partial charge on any atom is 0.254 e. The smallest absolute Gasteiger partial charge is 0.254 e. The molecule has 2 amide bonds. The molecule has 0 saturated heterocycles. The van der Waals surface area contributed by atoms with E-state index < -0.39 is 0 Å². The van der Waals surface area contributed by atoms with Gasteiger partial charge >= 0.3 is 0 Å². The van der Waals surface area contributed by atoms with Gasteiger partial charge in [-0.25, -0.2) is 0 Å². The van der Waals surface area contributed by atoms with E-state index in [-0.39, 0.29) is 31.2 Å². The lowest BCUT2D eigenvalue weighted by Gasteiger charge is -2.28. The molecule has 0 aliphatic carbocycles. The van der Waals surface area contributed by atoms with Crippen molar-refractivity contribution in [1.82, 2.24) is 10.1 Å². The van der Waals surface area contributed by atoms with E-state index in [1.807, 2.05) is 13.8 Å². The van der Waals surface area contributed by atoms with E-state index in [1.165, 1.54) is 4.90 Å². The van der Waals surface area contributed by atoms with E-state index in [4.69, 9.17) is 14.0 Å². The summed E-state index contributed by atoms with van der Waals surface area (Å²) in [6, 6.07) is 6.51. The number of carbonyl (C=O) groups is 2. The molecule has 1 aromatic carbocycles. The van der Waals surface area contributed by atoms with Gasteiger partial charge in [-0.2, -0.15) is 0 Å². The molecular weight excluding hydrogens is 338 g/mol. The van der Waals surface area contributed by atoms with E-state index >= 15 is 0 Å². The number of ether oxygens (including phenoxy) is 2. The number of rotatable bonds is 6. The fourth-order valence-corrected chi connectivity index (χ4v) is 2.61. The monoisotopic (exact) mass is 359 g/mol. The van der Waals surface area contributed by atoms with Crippen LogP contribution in [0.15, 0.2) is 28.8 Å². The van der Waals surface area contributed by atoms with Gasteiger partial charge in [0.1, 0.15) is 12.3 Å². The number of aryl methyl sites for hydroxylation is 1. The molecule has 1 atom stereocenters. The third-order valence-corrected chi connectivity index (χ3v) is 4.21. The van der Waals surface area contributed by atoms with Crippen molar-refractivity contribution in [3.63, 3.8) is 0 Å². The summed E-state index contributed by atoms with van der Waals surface area (Å²) >= 11 is 0. The van der Waals surface area contributed by atoms with Crippen molar-refractivity contribution in [3.8, 4) is 11.5 Å². The predicted molar refractivity (Wildman–Crippen MR) is 93.2 cm³/mol. The number of benzene rings is 1. The molecule has 0 unspecified atom stereocenters. The van der Waals surface area contributed by atoms with E-state index in [1.54, 1.807) is 31.2 Å². The minimum absolute atomic E-state index is 0.0891. The molecule has 0 spiro atoms. The summed E-state index contributed by atoms with van der Waals surface area (Å²) in [5.74, 6) is 1.47. The molecule has 2 aromatic rings. The Hall–Kier alpha value is -3.03. The molecule has 1 aliphatic rings. The van der Waals surface area contributed by atoms with Crippen molar-refractivity contribution in [2.75, 3.05) is 18.7 Å². The van der Waals surface area contributed by atoms with Crippen molar-refractivity contribution in [2.24, 2.45) is 0 Å². The van der Waals surface area contributed by atoms with Crippen LogP contribution >= 0.6 is 0 Å². The highest BCUT2D eigenvalue weighted by molar-refractivity contribution is 5.99. The summed E-state index contributed by atoms with van der Waals surface area (Å²) in [7, 11) is 0. The van der Waals surface area contributed by atoms with E-state index in [2.05, 4.69) is 10.5 Å². The first-order chi connectivity index (χ1) is 12.5. The quantitative estimate of drug-likeness (QED) is 0.852. The highest BCUT2D eigenvalue weighted by Crippen LogP contribution is 2.33. The van der Waals surface area contributed by atoms with Gasteiger partial charge < -0.3 is 24.2 Å². The predicted octanol–water partition coefficient (Wildman–Crippen LogP) is 2.59. The Labute approximate surface area is 151 Å². The Balaban J connectivity index is 1.74. The minimum Gasteiger partial charge on any atom is -0.454 e. The van der Waals surface area contributed by atoms with Crippen molar-refractivity contribution >= 4 is 17.6 Å². The van der Waals surface area contributed by atoms with Crippen LogP contribution < -0.4 is 14.8 Å². The molecule has 8 nitrogen and oxygen atoms in total. The molecule has 1 aliphatic heterocycles. The Morgan fingerprint density at radius 1 is 1.27 bits per heavy atom. The molecule has 3 rings (SSSR count). The number of nitrogens with zero attached hydrogens (tertiary/aromatic N) is 2. The van der Waals surface area contributed by atoms with Gasteiger partial charge in [0.25, 0.3) is 5.91 Å². The topological polar surface area (TPSA) is 93.9 Å². The van der Waals surface area contributed by atoms with Crippen LogP contribution in [-0.2, 0) is 4.79 Å². The molecule has 1 aromatic heterocycles. The largest absolute Gasteiger partial charge is 0.454 e. The number of aromatic nitrogens is 1. The Morgan fingerprint density at radius 2 is 2.04 bits per heavy atom. The van der Waals surface area contributed by atoms with E-state index in [0.717, 1.165) is 0 Å². The molecule has 0 radical (unpaired) electrons. The summed E-state index contributed by atoms with van der Waals surface area (Å²) < 4.78 is 15.5. The molecule has 138 valence electrons. The average Bonchev–Trinajstić information content (AvgIpc) is 3.26. The van der Waals surface area contributed by atoms with Crippen LogP contribution in [0.2, 0.25) is 0 Å². The summed E-state index contributed by atoms with van der Waals surface area (Å²) in [6.45, 7) is 5.65. The second kappa shape index (κ2) is 7.47. The van der Waals surface area contributed by atoms with Crippen LogP contribution in [0.4, 0.5) is 5.82 Å². The maximum atomic E-state index is 13.0. The van der Waals surface area contributed by atoms with Crippen molar-refractivity contribution in [1.29, 1.82) is 0 Å². The maximum absolute atomic E-state index is 13.0. The summed E-state index contributed by atoms with van der Waals surface area (Å²) in [4.78, 5) is 26.8. The van der Waals surface area contributed by atoms with Crippen molar-refractivity contribution in [3.05, 3.63) is 35.6 Å². The zero-order valence-electron chi connectivity index (χ0n) is 14.9. The highest BCUT2D eigenvalue weighted by Gasteiger charge is 2.25. The van der Waals surface area contributed by atoms with Gasteiger partial charge in [-0.15, -0.1) is 0 Å². The summed E-state index contributed by atoms with van der Waals surface area (Å²) in [6.07, 6.45) is 0.715. The third-order valence-electron chi connectivity index (χ3n) is 4.21. The number of hydrogen-bond acceptors (Lipinski definition) is 6. The van der Waals surface area contributed by atoms with Crippen LogP contribution in [0.5, 0.6) is 11.5 Å². The van der Waals surface area contributed by atoms with Gasteiger partial charge in [-0.1, -0.05) is 12.1 Å². The molecule has 0 bridgehead atoms. The van der Waals surface area contributed by atoms with Crippen LogP contribution in [0, 0.1) is 6.92 Å². The number of fused-ring (bicyclic) bond motifs is 1. The normalized spacial score (nSPS) is 13.3. The van der Waals surface area contributed by atoms with Gasteiger partial charge in [-0.05, 0) is 38.5 Å². The van der Waals surface area contributed by atoms with Gasteiger partial charge in [0, 0.05) is 17.7 Å². The lowest BCUT2D eigenvalue weighted by molar-refractivity contribution is -0.117. The lowest BCUT2D eigenvalue weighted by Crippen LogP contribution is -2.43. The molecule has 0 fully saturated rings. The van der Waals surface area contributed by atoms with E-state index in [0.29, 0.717) is 35.1 Å². The van der Waals surface area contributed by atoms with Crippen LogP contribution in [0.1, 0.15) is 36.4 Å². The number of hydrogen-bond donors (Lipinski definition) is 1. The Kier molecular flexibility index (Phi) is 5.11. The molecule has 1 N–H and O–H groups in total. The van der Waals surface area contributed by atoms with Crippen molar-refractivity contribution in [2.45, 2.75) is 33.2 Å². The molecule has 2 heterocycles. The Morgan fingerprint density at radius 3 is 2.73 bits per heavy atom. The van der Waals surface area contributed by atoms with Gasteiger partial charge in [0.2, 0.25) is 12.7 Å². The first kappa shape index (κ1) is 17.8. The van der Waals surface area contributed by atoms with Crippen molar-refractivity contribution < 1.29 is 23.6 Å². The first-order valence-electron chi connectivity index (χ1n) is 8.41. The lowest BCUT2D eigenvalue weighted by atomic mass is 10.1. The number of amides is 2. The highest BCUT2D eigenvalue weighted by atomic mass is 16.7. The first-order valence-corrected chi connectivity index (χ1v) is 8.41. The molecule has 8 heteroatoms. The fourth-order valence-electron chi connectivity index (χ4n) is 2.61. The minimum atomic E-state index is -0.340. The van der Waals surface area contributed by atoms with E-state index in [9.17, 15) is 9.59 Å². The summed E-state index contributed by atoms with van der Waals surface area (Å²) in [5.41, 5.74) is 0.444. The average molecular weight is 359 g/mol. The van der Waals surface area contributed by atoms with Gasteiger partial charge in [-0.3, -0.25) is 9.59 Å². The van der Waals surface area contributed by atoms with Crippen LogP contribution in [-0.4, -0.2) is 41.3 Å². The van der Waals surface area contributed by atoms with Gasteiger partial charge in [0.05, 0.1) is 0 Å². The van der Waals surface area contributed by atoms with Crippen LogP contribution in [0.3, 0.4) is 0 Å². The number of nitrogens with one attached hydrogen (secondary N) is 1. The molecule has 0 saturated carbocycles. The number of anilines is 1. The second-order valence-electron chi connectivity index (χ2n) is 6.13. The van der Waals surface area contributed by atoms with Crippen LogP contribution in [0.25, 0.3) is 0 Å². The standard InChI is InChI=1S/C18H21N3O5/c1-4-11(2)21(9-17(22)19-16-7-12(3)26-20-16)18(23)13-5-6-14-15(8-13)25-10-24-14/h5-8,11H,4,9-10H2,1-3H3,(H,19,20,22)/t11-/m0/s1. The zero-order chi connectivity index (χ0) is 18.7. The fraction of sp³-hybridized carbons (Fsp3) is 0.389. The Bertz CT molecular complexity index is 817.